The molecule has 8 nitrogen and oxygen atoms in total. The SMILES string of the molecule is COCCNC(=O)COC(=O)c1cccc(S(=O)(=O)N2CCc3ccccc32)c1. The third kappa shape index (κ3) is 4.75. The van der Waals surface area contributed by atoms with Crippen LogP contribution in [0.25, 0.3) is 0 Å². The standard InChI is InChI=1S/C20H22N2O6S/c1-27-12-10-21-19(23)14-28-20(24)16-6-4-7-17(13-16)29(25,26)22-11-9-15-5-2-3-8-18(15)22/h2-8,13H,9-12,14H2,1H3,(H,21,23). The van der Waals surface area contributed by atoms with Gasteiger partial charge in [-0.25, -0.2) is 13.2 Å². The van der Waals surface area contributed by atoms with Gasteiger partial charge in [0.2, 0.25) is 0 Å². The minimum atomic E-state index is -3.82. The lowest BCUT2D eigenvalue weighted by Gasteiger charge is -2.19. The highest BCUT2D eigenvalue weighted by Gasteiger charge is 2.31. The second-order valence-corrected chi connectivity index (χ2v) is 8.26. The van der Waals surface area contributed by atoms with Gasteiger partial charge in [-0.1, -0.05) is 24.3 Å². The lowest BCUT2D eigenvalue weighted by molar-refractivity contribution is -0.124. The molecule has 0 aromatic heterocycles. The molecule has 0 spiro atoms. The maximum atomic E-state index is 13.1. The van der Waals surface area contributed by atoms with E-state index < -0.39 is 28.5 Å². The van der Waals surface area contributed by atoms with Gasteiger partial charge in [0.05, 0.1) is 22.8 Å². The lowest BCUT2D eigenvalue weighted by Crippen LogP contribution is -2.31. The molecule has 29 heavy (non-hydrogen) atoms. The third-order valence-corrected chi connectivity index (χ3v) is 6.27. The highest BCUT2D eigenvalue weighted by atomic mass is 32.2. The Balaban J connectivity index is 1.71. The van der Waals surface area contributed by atoms with E-state index in [2.05, 4.69) is 5.32 Å². The number of fused-ring (bicyclic) bond motifs is 1. The zero-order valence-electron chi connectivity index (χ0n) is 16.0. The number of nitrogens with one attached hydrogen (secondary N) is 1. The first kappa shape index (κ1) is 20.8. The van der Waals surface area contributed by atoms with E-state index in [0.717, 1.165) is 5.56 Å². The van der Waals surface area contributed by atoms with Crippen molar-refractivity contribution in [3.63, 3.8) is 0 Å². The zero-order valence-corrected chi connectivity index (χ0v) is 16.8. The topological polar surface area (TPSA) is 102 Å². The minimum Gasteiger partial charge on any atom is -0.452 e. The Hall–Kier alpha value is -2.91. The molecule has 0 bridgehead atoms. The van der Waals surface area contributed by atoms with Crippen LogP contribution in [0.3, 0.4) is 0 Å². The predicted molar refractivity (Wildman–Crippen MR) is 106 cm³/mol. The second kappa shape index (κ2) is 9.06. The first-order chi connectivity index (χ1) is 13.9. The van der Waals surface area contributed by atoms with Gasteiger partial charge in [0.25, 0.3) is 15.9 Å². The van der Waals surface area contributed by atoms with Crippen molar-refractivity contribution in [3.8, 4) is 0 Å². The summed E-state index contributed by atoms with van der Waals surface area (Å²) in [4.78, 5) is 23.9. The first-order valence-corrected chi connectivity index (χ1v) is 10.5. The Morgan fingerprint density at radius 3 is 2.72 bits per heavy atom. The fraction of sp³-hybridized carbons (Fsp3) is 0.300. The van der Waals surface area contributed by atoms with Gasteiger partial charge >= 0.3 is 5.97 Å². The molecule has 0 saturated carbocycles. The highest BCUT2D eigenvalue weighted by Crippen LogP contribution is 2.32. The number of hydrogen-bond acceptors (Lipinski definition) is 6. The molecule has 0 atom stereocenters. The summed E-state index contributed by atoms with van der Waals surface area (Å²) in [6.07, 6.45) is 0.634. The molecule has 1 aliphatic heterocycles. The van der Waals surface area contributed by atoms with Crippen molar-refractivity contribution in [3.05, 3.63) is 59.7 Å². The Morgan fingerprint density at radius 2 is 1.93 bits per heavy atom. The van der Waals surface area contributed by atoms with Gasteiger partial charge in [-0.15, -0.1) is 0 Å². The Morgan fingerprint density at radius 1 is 1.14 bits per heavy atom. The Bertz CT molecular complexity index is 1010. The molecule has 9 heteroatoms. The molecule has 0 aliphatic carbocycles. The fourth-order valence-electron chi connectivity index (χ4n) is 3.03. The number of amides is 1. The van der Waals surface area contributed by atoms with Crippen LogP contribution in [0.5, 0.6) is 0 Å². The summed E-state index contributed by atoms with van der Waals surface area (Å²) in [6.45, 7) is 0.536. The van der Waals surface area contributed by atoms with Crippen molar-refractivity contribution in [2.75, 3.05) is 37.7 Å². The number of anilines is 1. The number of esters is 1. The average molecular weight is 418 g/mol. The summed E-state index contributed by atoms with van der Waals surface area (Å²) in [6, 6.07) is 12.9. The van der Waals surface area contributed by atoms with Gasteiger partial charge in [0.15, 0.2) is 6.61 Å². The molecule has 1 N–H and O–H groups in total. The van der Waals surface area contributed by atoms with Crippen LogP contribution in [-0.2, 0) is 30.7 Å². The number of nitrogens with zero attached hydrogens (tertiary/aromatic N) is 1. The molecule has 0 unspecified atom stereocenters. The number of para-hydroxylation sites is 1. The van der Waals surface area contributed by atoms with Crippen molar-refractivity contribution in [2.24, 2.45) is 0 Å². The number of sulfonamides is 1. The van der Waals surface area contributed by atoms with Gasteiger partial charge in [0.1, 0.15) is 0 Å². The van der Waals surface area contributed by atoms with Crippen molar-refractivity contribution in [1.29, 1.82) is 0 Å². The molecule has 0 saturated heterocycles. The van der Waals surface area contributed by atoms with Gasteiger partial charge in [0, 0.05) is 20.2 Å². The summed E-state index contributed by atoms with van der Waals surface area (Å²) >= 11 is 0. The van der Waals surface area contributed by atoms with Gasteiger partial charge in [-0.2, -0.15) is 0 Å². The number of ether oxygens (including phenoxy) is 2. The zero-order chi connectivity index (χ0) is 20.9. The minimum absolute atomic E-state index is 0.00630. The molecule has 1 heterocycles. The van der Waals surface area contributed by atoms with Crippen LogP contribution in [0.1, 0.15) is 15.9 Å². The van der Waals surface area contributed by atoms with Gasteiger partial charge < -0.3 is 14.8 Å². The predicted octanol–water partition coefficient (Wildman–Crippen LogP) is 1.36. The van der Waals surface area contributed by atoms with Crippen molar-refractivity contribution in [2.45, 2.75) is 11.3 Å². The quantitative estimate of drug-likeness (QED) is 0.513. The van der Waals surface area contributed by atoms with Gasteiger partial charge in [-0.3, -0.25) is 9.10 Å². The summed E-state index contributed by atoms with van der Waals surface area (Å²) < 4.78 is 37.3. The molecule has 1 aliphatic rings. The normalized spacial score (nSPS) is 13.1. The molecule has 0 radical (unpaired) electrons. The van der Waals surface area contributed by atoms with Crippen molar-refractivity contribution >= 4 is 27.6 Å². The average Bonchev–Trinajstić information content (AvgIpc) is 3.17. The van der Waals surface area contributed by atoms with Crippen LogP contribution in [0, 0.1) is 0 Å². The lowest BCUT2D eigenvalue weighted by atomic mass is 10.2. The van der Waals surface area contributed by atoms with E-state index in [1.807, 2.05) is 12.1 Å². The third-order valence-electron chi connectivity index (χ3n) is 4.46. The Kier molecular flexibility index (Phi) is 6.50. The molecule has 154 valence electrons. The summed E-state index contributed by atoms with van der Waals surface area (Å²) in [5.74, 6) is -1.24. The summed E-state index contributed by atoms with van der Waals surface area (Å²) in [5, 5.41) is 2.53. The second-order valence-electron chi connectivity index (χ2n) is 6.40. The van der Waals surface area contributed by atoms with Crippen LogP contribution in [-0.4, -0.2) is 53.7 Å². The maximum absolute atomic E-state index is 13.1. The van der Waals surface area contributed by atoms with Crippen molar-refractivity contribution in [1.82, 2.24) is 5.32 Å². The highest BCUT2D eigenvalue weighted by molar-refractivity contribution is 7.92. The fourth-order valence-corrected chi connectivity index (χ4v) is 4.58. The van der Waals surface area contributed by atoms with E-state index in [9.17, 15) is 18.0 Å². The van der Waals surface area contributed by atoms with E-state index in [1.54, 1.807) is 12.1 Å². The number of carbonyl (C=O) groups excluding carboxylic acids is 2. The van der Waals surface area contributed by atoms with Crippen LogP contribution >= 0.6 is 0 Å². The molecule has 2 aromatic carbocycles. The largest absolute Gasteiger partial charge is 0.452 e. The van der Waals surface area contributed by atoms with Crippen LogP contribution in [0.2, 0.25) is 0 Å². The van der Waals surface area contributed by atoms with Crippen LogP contribution < -0.4 is 9.62 Å². The molecule has 1 amide bonds. The van der Waals surface area contributed by atoms with Crippen molar-refractivity contribution < 1.29 is 27.5 Å². The van der Waals surface area contributed by atoms with E-state index in [4.69, 9.17) is 9.47 Å². The molecular formula is C20H22N2O6S. The van der Waals surface area contributed by atoms with E-state index >= 15 is 0 Å². The van der Waals surface area contributed by atoms with E-state index in [1.165, 1.54) is 35.7 Å². The number of carbonyl (C=O) groups is 2. The number of hydrogen-bond donors (Lipinski definition) is 1. The molecular weight excluding hydrogens is 396 g/mol. The number of rotatable bonds is 8. The smallest absolute Gasteiger partial charge is 0.338 e. The molecule has 2 aromatic rings. The molecule has 3 rings (SSSR count). The van der Waals surface area contributed by atoms with Crippen LogP contribution in [0.15, 0.2) is 53.4 Å². The Labute approximate surface area is 169 Å². The van der Waals surface area contributed by atoms with E-state index in [0.29, 0.717) is 31.8 Å². The monoisotopic (exact) mass is 418 g/mol. The number of benzene rings is 2. The number of methoxy groups -OCH3 is 1. The molecule has 0 fully saturated rings. The maximum Gasteiger partial charge on any atom is 0.338 e. The summed E-state index contributed by atoms with van der Waals surface area (Å²) in [7, 11) is -2.31. The van der Waals surface area contributed by atoms with Crippen LogP contribution in [0.4, 0.5) is 5.69 Å². The first-order valence-electron chi connectivity index (χ1n) is 9.07. The van der Waals surface area contributed by atoms with Gasteiger partial charge in [-0.05, 0) is 36.2 Å². The summed E-state index contributed by atoms with van der Waals surface area (Å²) in [5.41, 5.74) is 1.67. The van der Waals surface area contributed by atoms with E-state index in [-0.39, 0.29) is 10.5 Å².